The van der Waals surface area contributed by atoms with Gasteiger partial charge in [-0.2, -0.15) is 5.10 Å². The Hall–Kier alpha value is -2.15. The largest absolute Gasteiger partial charge is 0.465 e. The van der Waals surface area contributed by atoms with Crippen LogP contribution in [0.3, 0.4) is 0 Å². The topological polar surface area (TPSA) is 76.7 Å². The third kappa shape index (κ3) is 3.19. The summed E-state index contributed by atoms with van der Waals surface area (Å²) in [5.74, 6) is 1.07. The van der Waals surface area contributed by atoms with Gasteiger partial charge in [-0.25, -0.2) is 9.78 Å². The van der Waals surface area contributed by atoms with Gasteiger partial charge in [-0.15, -0.1) is 0 Å². The molecule has 0 aliphatic carbocycles. The average molecular weight is 279 g/mol. The van der Waals surface area contributed by atoms with E-state index < -0.39 is 5.97 Å². The molecule has 6 nitrogen and oxygen atoms in total. The van der Waals surface area contributed by atoms with Crippen molar-refractivity contribution in [2.45, 2.75) is 13.8 Å². The van der Waals surface area contributed by atoms with Crippen molar-refractivity contribution in [2.75, 3.05) is 12.5 Å². The van der Waals surface area contributed by atoms with Gasteiger partial charge in [0.15, 0.2) is 0 Å². The zero-order valence-corrected chi connectivity index (χ0v) is 11.6. The number of aromatic nitrogens is 1. The smallest absolute Gasteiger partial charge is 0.350 e. The van der Waals surface area contributed by atoms with Crippen molar-refractivity contribution in [1.29, 1.82) is 0 Å². The summed E-state index contributed by atoms with van der Waals surface area (Å²) in [7, 11) is 1.34. The van der Waals surface area contributed by atoms with Crippen LogP contribution in [0, 0.1) is 13.8 Å². The fraction of sp³-hybridized carbons (Fsp3) is 0.250. The molecule has 19 heavy (non-hydrogen) atoms. The number of carbonyl (C=O) groups is 1. The van der Waals surface area contributed by atoms with Gasteiger partial charge < -0.3 is 9.15 Å². The van der Waals surface area contributed by atoms with Gasteiger partial charge in [0.1, 0.15) is 16.4 Å². The lowest BCUT2D eigenvalue weighted by Gasteiger charge is -1.93. The quantitative estimate of drug-likeness (QED) is 0.529. The van der Waals surface area contributed by atoms with Gasteiger partial charge >= 0.3 is 5.97 Å². The van der Waals surface area contributed by atoms with Gasteiger partial charge in [0.2, 0.25) is 5.13 Å². The second-order valence-corrected chi connectivity index (χ2v) is 4.74. The molecule has 0 atom stereocenters. The molecule has 0 aromatic carbocycles. The first-order valence-electron chi connectivity index (χ1n) is 5.51. The monoisotopic (exact) mass is 279 g/mol. The van der Waals surface area contributed by atoms with Crippen LogP contribution in [0.5, 0.6) is 0 Å². The van der Waals surface area contributed by atoms with E-state index in [-0.39, 0.29) is 0 Å². The molecule has 2 aromatic rings. The number of hydrazone groups is 1. The van der Waals surface area contributed by atoms with Crippen LogP contribution >= 0.6 is 11.3 Å². The van der Waals surface area contributed by atoms with Gasteiger partial charge in [0.25, 0.3) is 0 Å². The molecular formula is C12H13N3O3S. The molecule has 0 bridgehead atoms. The van der Waals surface area contributed by atoms with Crippen molar-refractivity contribution in [1.82, 2.24) is 4.98 Å². The number of nitrogens with zero attached hydrogens (tertiary/aromatic N) is 2. The number of methoxy groups -OCH3 is 1. The van der Waals surface area contributed by atoms with E-state index in [2.05, 4.69) is 20.2 Å². The number of aryl methyl sites for hydroxylation is 2. The number of anilines is 1. The van der Waals surface area contributed by atoms with Gasteiger partial charge in [0, 0.05) is 0 Å². The molecule has 2 rings (SSSR count). The van der Waals surface area contributed by atoms with E-state index in [4.69, 9.17) is 4.42 Å². The molecule has 0 aliphatic heterocycles. The van der Waals surface area contributed by atoms with Crippen LogP contribution in [-0.2, 0) is 4.74 Å². The summed E-state index contributed by atoms with van der Waals surface area (Å²) < 4.78 is 9.98. The molecule has 2 aromatic heterocycles. The molecule has 100 valence electrons. The molecule has 0 saturated heterocycles. The first-order valence-corrected chi connectivity index (χ1v) is 6.33. The predicted molar refractivity (Wildman–Crippen MR) is 72.9 cm³/mol. The van der Waals surface area contributed by atoms with E-state index in [1.54, 1.807) is 13.1 Å². The number of rotatable bonds is 4. The highest BCUT2D eigenvalue weighted by atomic mass is 32.1. The van der Waals surface area contributed by atoms with Crippen molar-refractivity contribution in [3.05, 3.63) is 34.2 Å². The van der Waals surface area contributed by atoms with Crippen molar-refractivity contribution >= 4 is 28.7 Å². The third-order valence-corrected chi connectivity index (χ3v) is 3.32. The summed E-state index contributed by atoms with van der Waals surface area (Å²) >= 11 is 1.19. The Morgan fingerprint density at radius 3 is 2.95 bits per heavy atom. The second-order valence-electron chi connectivity index (χ2n) is 3.74. The highest BCUT2D eigenvalue weighted by molar-refractivity contribution is 7.17. The minimum Gasteiger partial charge on any atom is -0.465 e. The Morgan fingerprint density at radius 1 is 1.53 bits per heavy atom. The summed E-state index contributed by atoms with van der Waals surface area (Å²) in [6.45, 7) is 3.60. The van der Waals surface area contributed by atoms with Crippen LogP contribution in [-0.4, -0.2) is 24.3 Å². The summed E-state index contributed by atoms with van der Waals surface area (Å²) in [6, 6.07) is 3.66. The van der Waals surface area contributed by atoms with Gasteiger partial charge in [-0.05, 0) is 26.0 Å². The molecule has 2 heterocycles. The van der Waals surface area contributed by atoms with Crippen LogP contribution in [0.15, 0.2) is 21.7 Å². The molecule has 0 radical (unpaired) electrons. The van der Waals surface area contributed by atoms with Crippen molar-refractivity contribution in [3.8, 4) is 0 Å². The molecule has 7 heteroatoms. The van der Waals surface area contributed by atoms with E-state index in [9.17, 15) is 4.79 Å². The summed E-state index contributed by atoms with van der Waals surface area (Å²) in [6.07, 6.45) is 1.54. The van der Waals surface area contributed by atoms with E-state index in [1.807, 2.05) is 19.1 Å². The molecule has 0 aliphatic rings. The maximum atomic E-state index is 11.4. The van der Waals surface area contributed by atoms with Crippen LogP contribution in [0.2, 0.25) is 0 Å². The SMILES string of the molecule is COC(=O)c1sc(N/N=C/c2ccc(C)o2)nc1C. The van der Waals surface area contributed by atoms with Crippen molar-refractivity contribution in [2.24, 2.45) is 5.10 Å². The summed E-state index contributed by atoms with van der Waals surface area (Å²) in [5.41, 5.74) is 3.37. The fourth-order valence-electron chi connectivity index (χ4n) is 1.40. The Morgan fingerprint density at radius 2 is 2.32 bits per heavy atom. The standard InChI is InChI=1S/C12H13N3O3S/c1-7-4-5-9(18-7)6-13-15-12-14-8(2)10(19-12)11(16)17-3/h4-6H,1-3H3,(H,14,15)/b13-6+. The number of nitrogens with one attached hydrogen (secondary N) is 1. The van der Waals surface area contributed by atoms with Crippen LogP contribution in [0.1, 0.15) is 26.9 Å². The number of furan rings is 1. The molecule has 0 fully saturated rings. The summed E-state index contributed by atoms with van der Waals surface area (Å²) in [4.78, 5) is 16.1. The predicted octanol–water partition coefficient (Wildman–Crippen LogP) is 2.59. The van der Waals surface area contributed by atoms with Gasteiger partial charge in [0.05, 0.1) is 19.0 Å². The molecule has 1 N–H and O–H groups in total. The Balaban J connectivity index is 2.04. The van der Waals surface area contributed by atoms with Gasteiger partial charge in [-0.3, -0.25) is 5.43 Å². The first kappa shape index (κ1) is 13.3. The summed E-state index contributed by atoms with van der Waals surface area (Å²) in [5, 5.41) is 4.52. The molecule has 0 spiro atoms. The average Bonchev–Trinajstić information content (AvgIpc) is 2.95. The molecular weight excluding hydrogens is 266 g/mol. The maximum absolute atomic E-state index is 11.4. The lowest BCUT2D eigenvalue weighted by molar-refractivity contribution is 0.0605. The first-order chi connectivity index (χ1) is 9.10. The zero-order valence-electron chi connectivity index (χ0n) is 10.8. The van der Waals surface area contributed by atoms with Gasteiger partial charge in [-0.1, -0.05) is 11.3 Å². The van der Waals surface area contributed by atoms with E-state index >= 15 is 0 Å². The Kier molecular flexibility index (Phi) is 3.96. The lowest BCUT2D eigenvalue weighted by Crippen LogP contribution is -1.99. The van der Waals surface area contributed by atoms with E-state index in [0.717, 1.165) is 5.76 Å². The molecule has 0 unspecified atom stereocenters. The Labute approximate surface area is 114 Å². The number of thiazole rings is 1. The molecule has 0 saturated carbocycles. The normalized spacial score (nSPS) is 10.9. The van der Waals surface area contributed by atoms with Crippen LogP contribution in [0.25, 0.3) is 0 Å². The van der Waals surface area contributed by atoms with Crippen molar-refractivity contribution in [3.63, 3.8) is 0 Å². The number of ether oxygens (including phenoxy) is 1. The van der Waals surface area contributed by atoms with Crippen LogP contribution < -0.4 is 5.43 Å². The number of esters is 1. The van der Waals surface area contributed by atoms with E-state index in [1.165, 1.54) is 18.4 Å². The van der Waals surface area contributed by atoms with E-state index in [0.29, 0.717) is 21.5 Å². The highest BCUT2D eigenvalue weighted by Crippen LogP contribution is 2.23. The third-order valence-electron chi connectivity index (χ3n) is 2.28. The fourth-order valence-corrected chi connectivity index (χ4v) is 2.23. The number of hydrogen-bond acceptors (Lipinski definition) is 7. The minimum atomic E-state index is -0.395. The van der Waals surface area contributed by atoms with Crippen molar-refractivity contribution < 1.29 is 13.9 Å². The number of carbonyl (C=O) groups excluding carboxylic acids is 1. The molecule has 0 amide bonds. The zero-order chi connectivity index (χ0) is 13.8. The number of hydrogen-bond donors (Lipinski definition) is 1. The maximum Gasteiger partial charge on any atom is 0.350 e. The Bertz CT molecular complexity index is 616. The minimum absolute atomic E-state index is 0.395. The lowest BCUT2D eigenvalue weighted by atomic mass is 10.4. The second kappa shape index (κ2) is 5.66. The van der Waals surface area contributed by atoms with Crippen LogP contribution in [0.4, 0.5) is 5.13 Å². The highest BCUT2D eigenvalue weighted by Gasteiger charge is 2.15.